The Labute approximate surface area is 96.9 Å². The summed E-state index contributed by atoms with van der Waals surface area (Å²) in [6.45, 7) is 0. The molecular formula is C13H10N2O2. The van der Waals surface area contributed by atoms with Crippen molar-refractivity contribution in [3.63, 3.8) is 0 Å². The van der Waals surface area contributed by atoms with Crippen LogP contribution in [0, 0.1) is 0 Å². The molecule has 3 aromatic rings. The summed E-state index contributed by atoms with van der Waals surface area (Å²) in [5.41, 5.74) is 7.66. The first-order valence-electron chi connectivity index (χ1n) is 5.17. The number of hydrogen-bond donors (Lipinski definition) is 3. The lowest BCUT2D eigenvalue weighted by atomic mass is 10.1. The quantitative estimate of drug-likeness (QED) is 0.514. The highest BCUT2D eigenvalue weighted by atomic mass is 16.3. The minimum atomic E-state index is -0.0718. The van der Waals surface area contributed by atoms with Crippen LogP contribution in [0.15, 0.2) is 36.4 Å². The van der Waals surface area contributed by atoms with E-state index in [9.17, 15) is 10.2 Å². The summed E-state index contributed by atoms with van der Waals surface area (Å²) in [5.74, 6) is -0.101. The third kappa shape index (κ3) is 1.34. The van der Waals surface area contributed by atoms with E-state index < -0.39 is 0 Å². The van der Waals surface area contributed by atoms with Crippen LogP contribution in [-0.2, 0) is 0 Å². The van der Waals surface area contributed by atoms with Crippen molar-refractivity contribution >= 4 is 27.5 Å². The maximum absolute atomic E-state index is 9.76. The van der Waals surface area contributed by atoms with Gasteiger partial charge in [-0.1, -0.05) is 18.2 Å². The van der Waals surface area contributed by atoms with E-state index in [0.29, 0.717) is 16.6 Å². The number of nitrogen functional groups attached to an aromatic ring is 1. The fraction of sp³-hybridized carbons (Fsp3) is 0. The third-order valence-corrected chi connectivity index (χ3v) is 2.79. The normalized spacial score (nSPS) is 11.1. The van der Waals surface area contributed by atoms with Crippen molar-refractivity contribution in [1.29, 1.82) is 0 Å². The number of aromatic hydroxyl groups is 2. The van der Waals surface area contributed by atoms with E-state index in [-0.39, 0.29) is 11.5 Å². The summed E-state index contributed by atoms with van der Waals surface area (Å²) in [4.78, 5) is 4.34. The highest BCUT2D eigenvalue weighted by Crippen LogP contribution is 2.35. The smallest absolute Gasteiger partial charge is 0.145 e. The topological polar surface area (TPSA) is 79.4 Å². The number of benzene rings is 2. The number of pyridine rings is 1. The predicted octanol–water partition coefficient (Wildman–Crippen LogP) is 2.38. The first-order valence-corrected chi connectivity index (χ1v) is 5.17. The van der Waals surface area contributed by atoms with Gasteiger partial charge in [0.05, 0.1) is 11.2 Å². The van der Waals surface area contributed by atoms with E-state index in [1.807, 2.05) is 24.3 Å². The van der Waals surface area contributed by atoms with Gasteiger partial charge in [0, 0.05) is 16.8 Å². The summed E-state index contributed by atoms with van der Waals surface area (Å²) >= 11 is 0. The zero-order valence-corrected chi connectivity index (χ0v) is 8.88. The Bertz CT molecular complexity index is 738. The van der Waals surface area contributed by atoms with E-state index in [1.54, 1.807) is 0 Å². The van der Waals surface area contributed by atoms with Crippen LogP contribution in [0.4, 0.5) is 5.69 Å². The molecule has 0 fully saturated rings. The number of fused-ring (bicyclic) bond motifs is 2. The molecule has 17 heavy (non-hydrogen) atoms. The van der Waals surface area contributed by atoms with Gasteiger partial charge in [0.15, 0.2) is 0 Å². The van der Waals surface area contributed by atoms with Crippen LogP contribution >= 0.6 is 0 Å². The van der Waals surface area contributed by atoms with Crippen LogP contribution < -0.4 is 5.73 Å². The van der Waals surface area contributed by atoms with E-state index in [0.717, 1.165) is 10.9 Å². The second-order valence-electron chi connectivity index (χ2n) is 3.90. The van der Waals surface area contributed by atoms with Crippen LogP contribution in [0.2, 0.25) is 0 Å². The summed E-state index contributed by atoms with van der Waals surface area (Å²) in [6.07, 6.45) is 0. The summed E-state index contributed by atoms with van der Waals surface area (Å²) in [5, 5.41) is 20.6. The monoisotopic (exact) mass is 226 g/mol. The molecule has 1 heterocycles. The molecule has 0 radical (unpaired) electrons. The number of rotatable bonds is 0. The Hall–Kier alpha value is -2.49. The lowest BCUT2D eigenvalue weighted by Crippen LogP contribution is -1.92. The molecule has 84 valence electrons. The Morgan fingerprint density at radius 3 is 2.59 bits per heavy atom. The molecule has 0 aliphatic carbocycles. The molecule has 0 saturated carbocycles. The van der Waals surface area contributed by atoms with Gasteiger partial charge in [0.2, 0.25) is 0 Å². The minimum Gasteiger partial charge on any atom is -0.508 e. The van der Waals surface area contributed by atoms with Crippen molar-refractivity contribution in [3.05, 3.63) is 36.4 Å². The summed E-state index contributed by atoms with van der Waals surface area (Å²) in [7, 11) is 0. The zero-order valence-electron chi connectivity index (χ0n) is 8.88. The number of anilines is 1. The molecule has 0 aliphatic heterocycles. The van der Waals surface area contributed by atoms with E-state index >= 15 is 0 Å². The molecule has 1 aromatic heterocycles. The predicted molar refractivity (Wildman–Crippen MR) is 67.0 cm³/mol. The standard InChI is InChI=1S/C13H10N2O2/c14-12-8-3-1-2-4-10(8)15-13-9(12)5-7(16)6-11(13)17/h1-6,16-17H,(H2,14,15). The van der Waals surface area contributed by atoms with E-state index in [4.69, 9.17) is 5.73 Å². The second kappa shape index (κ2) is 3.25. The number of phenolic OH excluding ortho intramolecular Hbond substituents is 2. The Morgan fingerprint density at radius 2 is 1.76 bits per heavy atom. The molecule has 4 nitrogen and oxygen atoms in total. The first kappa shape index (κ1) is 9.72. The molecule has 0 unspecified atom stereocenters. The minimum absolute atomic E-state index is 0.0289. The highest BCUT2D eigenvalue weighted by molar-refractivity contribution is 6.08. The van der Waals surface area contributed by atoms with Crippen molar-refractivity contribution in [2.24, 2.45) is 0 Å². The number of nitrogens with zero attached hydrogens (tertiary/aromatic N) is 1. The van der Waals surface area contributed by atoms with Crippen molar-refractivity contribution < 1.29 is 10.2 Å². The van der Waals surface area contributed by atoms with Gasteiger partial charge in [-0.3, -0.25) is 0 Å². The Kier molecular flexibility index (Phi) is 1.86. The molecular weight excluding hydrogens is 216 g/mol. The van der Waals surface area contributed by atoms with Crippen LogP contribution in [0.3, 0.4) is 0 Å². The molecule has 4 heteroatoms. The van der Waals surface area contributed by atoms with Gasteiger partial charge >= 0.3 is 0 Å². The first-order chi connectivity index (χ1) is 8.16. The van der Waals surface area contributed by atoms with Crippen molar-refractivity contribution in [2.45, 2.75) is 0 Å². The maximum atomic E-state index is 9.76. The van der Waals surface area contributed by atoms with Gasteiger partial charge in [-0.05, 0) is 12.1 Å². The fourth-order valence-electron chi connectivity index (χ4n) is 1.99. The van der Waals surface area contributed by atoms with Crippen molar-refractivity contribution in [1.82, 2.24) is 4.98 Å². The molecule has 0 saturated heterocycles. The molecule has 0 amide bonds. The Balaban J connectivity index is 2.59. The third-order valence-electron chi connectivity index (χ3n) is 2.79. The molecule has 0 aliphatic rings. The van der Waals surface area contributed by atoms with Gasteiger partial charge in [0.25, 0.3) is 0 Å². The van der Waals surface area contributed by atoms with Crippen LogP contribution in [0.1, 0.15) is 0 Å². The fourth-order valence-corrected chi connectivity index (χ4v) is 1.99. The van der Waals surface area contributed by atoms with Gasteiger partial charge in [0.1, 0.15) is 17.0 Å². The maximum Gasteiger partial charge on any atom is 0.145 e. The summed E-state index contributed by atoms with van der Waals surface area (Å²) < 4.78 is 0. The SMILES string of the molecule is Nc1c2ccccc2nc2c(O)cc(O)cc12. The number of hydrogen-bond acceptors (Lipinski definition) is 4. The van der Waals surface area contributed by atoms with Gasteiger partial charge < -0.3 is 15.9 Å². The van der Waals surface area contributed by atoms with Gasteiger partial charge in [-0.2, -0.15) is 0 Å². The number of para-hydroxylation sites is 1. The number of phenols is 2. The van der Waals surface area contributed by atoms with Crippen LogP contribution in [0.25, 0.3) is 21.8 Å². The van der Waals surface area contributed by atoms with Crippen LogP contribution in [0.5, 0.6) is 11.5 Å². The molecule has 0 bridgehead atoms. The lowest BCUT2D eigenvalue weighted by Gasteiger charge is -2.08. The molecule has 0 atom stereocenters. The molecule has 2 aromatic carbocycles. The van der Waals surface area contributed by atoms with Crippen molar-refractivity contribution in [3.8, 4) is 11.5 Å². The zero-order chi connectivity index (χ0) is 12.0. The van der Waals surface area contributed by atoms with Crippen molar-refractivity contribution in [2.75, 3.05) is 5.73 Å². The second-order valence-corrected chi connectivity index (χ2v) is 3.90. The Morgan fingerprint density at radius 1 is 1.00 bits per heavy atom. The van der Waals surface area contributed by atoms with Gasteiger partial charge in [-0.25, -0.2) is 4.98 Å². The molecule has 4 N–H and O–H groups in total. The average Bonchev–Trinajstić information content (AvgIpc) is 2.31. The number of nitrogens with two attached hydrogens (primary N) is 1. The van der Waals surface area contributed by atoms with E-state index in [2.05, 4.69) is 4.98 Å². The molecule has 0 spiro atoms. The summed E-state index contributed by atoms with van der Waals surface area (Å²) in [6, 6.07) is 10.2. The number of aromatic nitrogens is 1. The largest absolute Gasteiger partial charge is 0.508 e. The molecule has 3 rings (SSSR count). The average molecular weight is 226 g/mol. The lowest BCUT2D eigenvalue weighted by molar-refractivity contribution is 0.454. The van der Waals surface area contributed by atoms with Gasteiger partial charge in [-0.15, -0.1) is 0 Å². The van der Waals surface area contributed by atoms with Crippen LogP contribution in [-0.4, -0.2) is 15.2 Å². The van der Waals surface area contributed by atoms with E-state index in [1.165, 1.54) is 12.1 Å². The highest BCUT2D eigenvalue weighted by Gasteiger charge is 2.10.